The van der Waals surface area contributed by atoms with E-state index in [0.29, 0.717) is 5.56 Å². The van der Waals surface area contributed by atoms with E-state index < -0.39 is 33.6 Å². The van der Waals surface area contributed by atoms with Gasteiger partial charge in [-0.15, -0.1) is 0 Å². The highest BCUT2D eigenvalue weighted by molar-refractivity contribution is 7.99. The summed E-state index contributed by atoms with van der Waals surface area (Å²) in [5.41, 5.74) is 4.67. The lowest BCUT2D eigenvalue weighted by atomic mass is 9.98. The first-order chi connectivity index (χ1) is 20.4. The van der Waals surface area contributed by atoms with E-state index in [2.05, 4.69) is 17.4 Å². The quantitative estimate of drug-likeness (QED) is 0.261. The van der Waals surface area contributed by atoms with Crippen molar-refractivity contribution in [3.63, 3.8) is 0 Å². The molecule has 0 aromatic heterocycles. The van der Waals surface area contributed by atoms with Gasteiger partial charge in [0.2, 0.25) is 5.90 Å². The number of alkyl carbamates (subject to hydrolysis) is 1. The molecule has 3 aromatic carbocycles. The summed E-state index contributed by atoms with van der Waals surface area (Å²) in [4.78, 5) is 25.4. The fourth-order valence-corrected chi connectivity index (χ4v) is 7.56. The number of carbonyl (C=O) groups is 2. The van der Waals surface area contributed by atoms with Gasteiger partial charge < -0.3 is 14.8 Å². The number of hydrogen-bond acceptors (Lipinski definition) is 7. The molecule has 0 saturated heterocycles. The average Bonchev–Trinajstić information content (AvgIpc) is 3.41. The fraction of sp³-hybridized carbons (Fsp3) is 0.303. The Morgan fingerprint density at radius 2 is 1.53 bits per heavy atom. The van der Waals surface area contributed by atoms with Crippen molar-refractivity contribution in [1.82, 2.24) is 9.62 Å². The molecule has 10 heteroatoms. The molecule has 9 nitrogen and oxygen atoms in total. The Morgan fingerprint density at radius 3 is 2.07 bits per heavy atom. The van der Waals surface area contributed by atoms with E-state index in [1.54, 1.807) is 52.0 Å². The Labute approximate surface area is 252 Å². The lowest BCUT2D eigenvalue weighted by Gasteiger charge is -2.30. The van der Waals surface area contributed by atoms with Gasteiger partial charge in [0.1, 0.15) is 17.6 Å². The highest BCUT2D eigenvalue weighted by atomic mass is 32.2. The third kappa shape index (κ3) is 5.92. The summed E-state index contributed by atoms with van der Waals surface area (Å²) in [5, 5.41) is 11.2. The molecule has 224 valence electrons. The Kier molecular flexibility index (Phi) is 8.16. The van der Waals surface area contributed by atoms with E-state index in [9.17, 15) is 18.0 Å². The number of benzene rings is 3. The molecule has 2 amide bonds. The summed E-state index contributed by atoms with van der Waals surface area (Å²) < 4.78 is 38.2. The smallest absolute Gasteiger partial charge is 0.407 e. The molecule has 0 spiro atoms. The van der Waals surface area contributed by atoms with Gasteiger partial charge in [0.05, 0.1) is 12.1 Å². The molecule has 43 heavy (non-hydrogen) atoms. The number of ether oxygens (including phenoxy) is 2. The number of carbonyl (C=O) groups excluding carboxylic acids is 2. The van der Waals surface area contributed by atoms with Gasteiger partial charge in [-0.2, -0.15) is 0 Å². The topological polar surface area (TPSA) is 126 Å². The highest BCUT2D eigenvalue weighted by Crippen LogP contribution is 2.44. The Bertz CT molecular complexity index is 1660. The zero-order chi connectivity index (χ0) is 30.9. The van der Waals surface area contributed by atoms with Crippen LogP contribution in [-0.4, -0.2) is 55.4 Å². The van der Waals surface area contributed by atoms with Crippen LogP contribution in [0.1, 0.15) is 55.9 Å². The number of nitrogens with one attached hydrogen (secondary N) is 2. The molecular formula is C33H35N3O6S. The number of amides is 2. The van der Waals surface area contributed by atoms with Crippen LogP contribution in [-0.2, 0) is 30.7 Å². The molecule has 0 radical (unpaired) electrons. The Balaban J connectivity index is 1.27. The van der Waals surface area contributed by atoms with E-state index in [0.717, 1.165) is 38.2 Å². The van der Waals surface area contributed by atoms with Crippen LogP contribution in [0.3, 0.4) is 0 Å². The van der Waals surface area contributed by atoms with Crippen molar-refractivity contribution in [3.05, 3.63) is 101 Å². The SMILES string of the molecule is CCOC(=N)C(Cc1ccc(C2=CC(=O)N(C(C)(C)C)S2(=O)=O)cc1)NC(=O)OCC1c2ccccc2-c2ccccc21. The van der Waals surface area contributed by atoms with Crippen molar-refractivity contribution in [1.29, 1.82) is 5.41 Å². The summed E-state index contributed by atoms with van der Waals surface area (Å²) in [7, 11) is -3.99. The van der Waals surface area contributed by atoms with Gasteiger partial charge in [0.15, 0.2) is 0 Å². The summed E-state index contributed by atoms with van der Waals surface area (Å²) >= 11 is 0. The van der Waals surface area contributed by atoms with Crippen LogP contribution < -0.4 is 5.32 Å². The van der Waals surface area contributed by atoms with Crippen LogP contribution in [0, 0.1) is 5.41 Å². The average molecular weight is 602 g/mol. The van der Waals surface area contributed by atoms with Gasteiger partial charge in [0.25, 0.3) is 15.9 Å². The standard InChI is InChI=1S/C33H35N3O6S/c1-5-41-31(34)28(18-21-14-16-22(17-15-21)29-19-30(37)36(33(2,3)4)43(29,39)40)35-32(38)42-20-27-25-12-8-6-10-23(25)24-11-7-9-13-26(24)27/h6-17,19,27-28,34H,5,18,20H2,1-4H3,(H,35,38). The van der Waals surface area contributed by atoms with Gasteiger partial charge in [-0.1, -0.05) is 72.8 Å². The van der Waals surface area contributed by atoms with Crippen molar-refractivity contribution in [2.75, 3.05) is 13.2 Å². The van der Waals surface area contributed by atoms with E-state index in [-0.39, 0.29) is 36.4 Å². The predicted octanol–water partition coefficient (Wildman–Crippen LogP) is 5.46. The molecule has 0 bridgehead atoms. The van der Waals surface area contributed by atoms with Crippen LogP contribution >= 0.6 is 0 Å². The molecule has 1 aliphatic carbocycles. The lowest BCUT2D eigenvalue weighted by molar-refractivity contribution is -0.123. The molecule has 1 unspecified atom stereocenters. The number of nitrogens with zero attached hydrogens (tertiary/aromatic N) is 1. The normalized spacial score (nSPS) is 16.2. The monoisotopic (exact) mass is 601 g/mol. The van der Waals surface area contributed by atoms with Crippen LogP contribution in [0.2, 0.25) is 0 Å². The second-order valence-corrected chi connectivity index (χ2v) is 13.3. The molecule has 1 heterocycles. The van der Waals surface area contributed by atoms with Crippen LogP contribution in [0.15, 0.2) is 78.9 Å². The van der Waals surface area contributed by atoms with Crippen molar-refractivity contribution < 1.29 is 27.5 Å². The minimum absolute atomic E-state index is 0.0608. The predicted molar refractivity (Wildman–Crippen MR) is 165 cm³/mol. The van der Waals surface area contributed by atoms with Gasteiger partial charge in [0, 0.05) is 18.4 Å². The maximum atomic E-state index is 13.1. The summed E-state index contributed by atoms with van der Waals surface area (Å²) in [6.45, 7) is 7.14. The summed E-state index contributed by atoms with van der Waals surface area (Å²) in [6, 6.07) is 22.0. The van der Waals surface area contributed by atoms with Crippen LogP contribution in [0.5, 0.6) is 0 Å². The maximum absolute atomic E-state index is 13.1. The third-order valence-corrected chi connectivity index (χ3v) is 9.63. The fourth-order valence-electron chi connectivity index (χ4n) is 5.67. The molecule has 2 N–H and O–H groups in total. The number of hydrogen-bond donors (Lipinski definition) is 2. The Hall–Kier alpha value is -4.44. The minimum atomic E-state index is -3.99. The van der Waals surface area contributed by atoms with Crippen molar-refractivity contribution in [2.24, 2.45) is 0 Å². The molecule has 5 rings (SSSR count). The zero-order valence-corrected chi connectivity index (χ0v) is 25.4. The molecule has 1 aliphatic heterocycles. The highest BCUT2D eigenvalue weighted by Gasteiger charge is 2.44. The largest absolute Gasteiger partial charge is 0.480 e. The van der Waals surface area contributed by atoms with E-state index in [1.807, 2.05) is 36.4 Å². The number of rotatable bonds is 8. The first-order valence-electron chi connectivity index (χ1n) is 14.1. The van der Waals surface area contributed by atoms with Crippen LogP contribution in [0.25, 0.3) is 16.0 Å². The van der Waals surface area contributed by atoms with E-state index in [1.165, 1.54) is 0 Å². The summed E-state index contributed by atoms with van der Waals surface area (Å²) in [5.74, 6) is -0.797. The molecule has 0 saturated carbocycles. The number of sulfonamides is 1. The lowest BCUT2D eigenvalue weighted by Crippen LogP contribution is -2.45. The molecular weight excluding hydrogens is 566 g/mol. The second kappa shape index (κ2) is 11.7. The van der Waals surface area contributed by atoms with Crippen molar-refractivity contribution in [2.45, 2.75) is 51.6 Å². The van der Waals surface area contributed by atoms with Gasteiger partial charge in [-0.25, -0.2) is 17.5 Å². The van der Waals surface area contributed by atoms with E-state index >= 15 is 0 Å². The first-order valence-corrected chi connectivity index (χ1v) is 15.6. The van der Waals surface area contributed by atoms with E-state index in [4.69, 9.17) is 14.9 Å². The summed E-state index contributed by atoms with van der Waals surface area (Å²) in [6.07, 6.45) is 0.681. The molecule has 1 atom stereocenters. The van der Waals surface area contributed by atoms with Crippen molar-refractivity contribution >= 4 is 32.8 Å². The number of fused-ring (bicyclic) bond motifs is 3. The Morgan fingerprint density at radius 1 is 0.953 bits per heavy atom. The zero-order valence-electron chi connectivity index (χ0n) is 24.6. The first kappa shape index (κ1) is 30.0. The van der Waals surface area contributed by atoms with Crippen LogP contribution in [0.4, 0.5) is 4.79 Å². The van der Waals surface area contributed by atoms with Gasteiger partial charge >= 0.3 is 6.09 Å². The second-order valence-electron chi connectivity index (χ2n) is 11.5. The van der Waals surface area contributed by atoms with Gasteiger partial charge in [-0.05, 0) is 61.1 Å². The van der Waals surface area contributed by atoms with Crippen molar-refractivity contribution in [3.8, 4) is 11.1 Å². The third-order valence-electron chi connectivity index (χ3n) is 7.51. The minimum Gasteiger partial charge on any atom is -0.480 e. The van der Waals surface area contributed by atoms with Gasteiger partial charge in [-0.3, -0.25) is 10.2 Å². The molecule has 3 aromatic rings. The molecule has 0 fully saturated rings. The molecule has 2 aliphatic rings. The maximum Gasteiger partial charge on any atom is 0.407 e.